The number of aliphatic hydroxyl groups is 1. The molecule has 0 spiro atoms. The van der Waals surface area contributed by atoms with E-state index in [4.69, 9.17) is 26.6 Å². The van der Waals surface area contributed by atoms with E-state index < -0.39 is 29.1 Å². The number of aromatic nitrogens is 4. The van der Waals surface area contributed by atoms with Crippen molar-refractivity contribution in [2.24, 2.45) is 0 Å². The summed E-state index contributed by atoms with van der Waals surface area (Å²) in [5, 5.41) is 28.2. The molecule has 0 radical (unpaired) electrons. The molecule has 1 N–H and O–H groups in total. The van der Waals surface area contributed by atoms with Crippen molar-refractivity contribution >= 4 is 28.9 Å². The first-order valence-corrected chi connectivity index (χ1v) is 14.3. The Bertz CT molecular complexity index is 1840. The lowest BCUT2D eigenvalue weighted by atomic mass is 9.82. The number of thiazole rings is 1. The van der Waals surface area contributed by atoms with Gasteiger partial charge in [-0.15, -0.1) is 16.0 Å². The van der Waals surface area contributed by atoms with Gasteiger partial charge in [-0.3, -0.25) is 4.79 Å². The summed E-state index contributed by atoms with van der Waals surface area (Å²) in [4.78, 5) is 16.0. The first-order valence-electron chi connectivity index (χ1n) is 13.1. The van der Waals surface area contributed by atoms with Gasteiger partial charge in [0.2, 0.25) is 6.33 Å². The molecule has 0 saturated carbocycles. The number of nitrogens with zero attached hydrogens (tertiary/aromatic N) is 5. The van der Waals surface area contributed by atoms with Gasteiger partial charge in [0, 0.05) is 40.5 Å². The number of benzene rings is 3. The third-order valence-electron chi connectivity index (χ3n) is 6.96. The molecule has 0 aliphatic rings. The topological polar surface area (TPSA) is 105 Å². The summed E-state index contributed by atoms with van der Waals surface area (Å²) in [6.45, 7) is 3.21. The molecule has 0 aliphatic heterocycles. The fourth-order valence-corrected chi connectivity index (χ4v) is 5.91. The fourth-order valence-electron chi connectivity index (χ4n) is 4.70. The fraction of sp³-hybridized carbons (Fsp3) is 0.194. The SMILES string of the molecule is CC(=O)Oc1ccc(C[n+]2cnn(CC(O)(c3ccc(F)cc3F)C(C)c3nc(-c4ccc(C#N)cc4)cs3)c2)cc1Cl.[Br-]. The van der Waals surface area contributed by atoms with Crippen LogP contribution in [-0.2, 0) is 23.5 Å². The number of rotatable bonds is 9. The molecule has 0 saturated heterocycles. The quantitative estimate of drug-likeness (QED) is 0.144. The predicted octanol–water partition coefficient (Wildman–Crippen LogP) is 2.77. The van der Waals surface area contributed by atoms with Crippen LogP contribution in [0.15, 0.2) is 78.7 Å². The summed E-state index contributed by atoms with van der Waals surface area (Å²) in [6.07, 6.45) is 3.20. The molecule has 2 atom stereocenters. The molecule has 44 heavy (non-hydrogen) atoms. The van der Waals surface area contributed by atoms with Crippen LogP contribution in [0.5, 0.6) is 5.75 Å². The second-order valence-electron chi connectivity index (χ2n) is 10.0. The minimum atomic E-state index is -1.86. The number of halogens is 4. The van der Waals surface area contributed by atoms with Gasteiger partial charge in [-0.1, -0.05) is 42.8 Å². The Kier molecular flexibility index (Phi) is 10.3. The van der Waals surface area contributed by atoms with Gasteiger partial charge < -0.3 is 26.8 Å². The lowest BCUT2D eigenvalue weighted by Gasteiger charge is -2.32. The summed E-state index contributed by atoms with van der Waals surface area (Å²) in [6, 6.07) is 17.1. The molecule has 13 heteroatoms. The summed E-state index contributed by atoms with van der Waals surface area (Å²) in [5.41, 5.74) is 0.805. The molecule has 0 amide bonds. The summed E-state index contributed by atoms with van der Waals surface area (Å²) in [5.74, 6) is -2.60. The van der Waals surface area contributed by atoms with Crippen molar-refractivity contribution in [1.29, 1.82) is 5.26 Å². The molecule has 0 bridgehead atoms. The van der Waals surface area contributed by atoms with Crippen molar-refractivity contribution in [2.45, 2.75) is 38.5 Å². The lowest BCUT2D eigenvalue weighted by molar-refractivity contribution is -0.689. The zero-order valence-electron chi connectivity index (χ0n) is 23.4. The van der Waals surface area contributed by atoms with Crippen molar-refractivity contribution in [3.63, 3.8) is 0 Å². The highest BCUT2D eigenvalue weighted by Gasteiger charge is 2.43. The van der Waals surface area contributed by atoms with Crippen LogP contribution >= 0.6 is 22.9 Å². The highest BCUT2D eigenvalue weighted by molar-refractivity contribution is 7.10. The molecule has 0 aliphatic carbocycles. The highest BCUT2D eigenvalue weighted by atomic mass is 79.9. The molecular weight excluding hydrogens is 676 g/mol. The third-order valence-corrected chi connectivity index (χ3v) is 8.29. The van der Waals surface area contributed by atoms with E-state index in [0.717, 1.165) is 23.3 Å². The maximum Gasteiger partial charge on any atom is 0.308 e. The minimum Gasteiger partial charge on any atom is -1.00 e. The van der Waals surface area contributed by atoms with Gasteiger partial charge in [0.1, 0.15) is 29.5 Å². The van der Waals surface area contributed by atoms with Crippen LogP contribution in [0.4, 0.5) is 8.78 Å². The van der Waals surface area contributed by atoms with E-state index in [1.807, 2.05) is 5.38 Å². The zero-order valence-corrected chi connectivity index (χ0v) is 26.6. The average Bonchev–Trinajstić information content (AvgIpc) is 3.64. The van der Waals surface area contributed by atoms with Crippen LogP contribution in [0.3, 0.4) is 0 Å². The van der Waals surface area contributed by atoms with Gasteiger partial charge >= 0.3 is 5.97 Å². The van der Waals surface area contributed by atoms with E-state index in [0.29, 0.717) is 22.8 Å². The van der Waals surface area contributed by atoms with E-state index in [-0.39, 0.29) is 39.9 Å². The molecule has 226 valence electrons. The monoisotopic (exact) mass is 699 g/mol. The van der Waals surface area contributed by atoms with Gasteiger partial charge in [0.15, 0.2) is 0 Å². The van der Waals surface area contributed by atoms with Crippen LogP contribution in [-0.4, -0.2) is 25.8 Å². The number of esters is 1. The number of hydrogen-bond donors (Lipinski definition) is 1. The molecule has 0 fully saturated rings. The molecule has 3 aromatic carbocycles. The summed E-state index contributed by atoms with van der Waals surface area (Å²) >= 11 is 7.56. The highest BCUT2D eigenvalue weighted by Crippen LogP contribution is 2.41. The largest absolute Gasteiger partial charge is 1.00 e. The van der Waals surface area contributed by atoms with Crippen LogP contribution in [0.2, 0.25) is 5.02 Å². The van der Waals surface area contributed by atoms with Crippen LogP contribution in [0, 0.1) is 23.0 Å². The van der Waals surface area contributed by atoms with E-state index in [1.165, 1.54) is 29.0 Å². The van der Waals surface area contributed by atoms with Crippen molar-refractivity contribution < 1.29 is 45.0 Å². The van der Waals surface area contributed by atoms with Gasteiger partial charge in [0.05, 0.1) is 33.9 Å². The second kappa shape index (κ2) is 13.7. The van der Waals surface area contributed by atoms with Crippen LogP contribution in [0.1, 0.15) is 41.5 Å². The molecule has 5 rings (SSSR count). The van der Waals surface area contributed by atoms with E-state index in [1.54, 1.807) is 66.6 Å². The average molecular weight is 701 g/mol. The number of hydrogen-bond acceptors (Lipinski definition) is 7. The van der Waals surface area contributed by atoms with Gasteiger partial charge in [-0.25, -0.2) is 18.3 Å². The molecule has 8 nitrogen and oxygen atoms in total. The van der Waals surface area contributed by atoms with Gasteiger partial charge in [-0.2, -0.15) is 5.26 Å². The zero-order chi connectivity index (χ0) is 30.7. The third kappa shape index (κ3) is 7.19. The molecular formula is C31H25BrClF2N5O3S. The first-order chi connectivity index (χ1) is 20.5. The Labute approximate surface area is 271 Å². The summed E-state index contributed by atoms with van der Waals surface area (Å²) < 4.78 is 37.3. The maximum atomic E-state index is 15.2. The standard InChI is InChI=1S/C31H25ClF2N5O3S.BrH/c1-19(30-37-28(15-43-30)23-6-3-21(13-35)4-7-23)31(41,25-9-8-24(33)12-27(25)34)16-39-18-38(17-36-39)14-22-5-10-29(26(32)11-22)42-20(2)40;/h3-12,15,17-19,41H,14,16H2,1-2H3;1H/q+1;/p-1. The van der Waals surface area contributed by atoms with Crippen LogP contribution < -0.4 is 26.3 Å². The molecule has 2 unspecified atom stereocenters. The van der Waals surface area contributed by atoms with E-state index in [2.05, 4.69) is 11.2 Å². The second-order valence-corrected chi connectivity index (χ2v) is 11.3. The van der Waals surface area contributed by atoms with E-state index in [9.17, 15) is 14.3 Å². The Morgan fingerprint density at radius 3 is 2.61 bits per heavy atom. The Balaban J connectivity index is 0.00000442. The molecule has 2 heterocycles. The number of carbonyl (C=O) groups excluding carboxylic acids is 1. The van der Waals surface area contributed by atoms with Crippen molar-refractivity contribution in [3.8, 4) is 23.1 Å². The molecule has 5 aromatic rings. The molecule has 2 aromatic heterocycles. The predicted molar refractivity (Wildman–Crippen MR) is 155 cm³/mol. The maximum absolute atomic E-state index is 15.2. The van der Waals surface area contributed by atoms with Crippen molar-refractivity contribution in [1.82, 2.24) is 14.8 Å². The van der Waals surface area contributed by atoms with E-state index >= 15 is 4.39 Å². The number of ether oxygens (including phenoxy) is 1. The lowest BCUT2D eigenvalue weighted by Crippen LogP contribution is -3.00. The summed E-state index contributed by atoms with van der Waals surface area (Å²) in [7, 11) is 0. The van der Waals surface area contributed by atoms with Crippen LogP contribution in [0.25, 0.3) is 11.3 Å². The Morgan fingerprint density at radius 1 is 1.20 bits per heavy atom. The van der Waals surface area contributed by atoms with Crippen molar-refractivity contribution in [3.05, 3.63) is 117 Å². The van der Waals surface area contributed by atoms with Gasteiger partial charge in [0.25, 0.3) is 6.33 Å². The first kappa shape index (κ1) is 32.9. The number of nitriles is 1. The number of carbonyl (C=O) groups is 1. The Morgan fingerprint density at radius 2 is 1.95 bits per heavy atom. The van der Waals surface area contributed by atoms with Crippen molar-refractivity contribution in [2.75, 3.05) is 0 Å². The Hall–Kier alpha value is -4.02. The smallest absolute Gasteiger partial charge is 0.308 e. The minimum absolute atomic E-state index is 0. The normalized spacial score (nSPS) is 12.9. The van der Waals surface area contributed by atoms with Gasteiger partial charge in [-0.05, 0) is 35.9 Å².